The molecular formula is C16H17ClN2O2S. The largest absolute Gasteiger partial charge is 0.392 e. The molecule has 0 aliphatic carbocycles. The molecule has 0 saturated heterocycles. The van der Waals surface area contributed by atoms with E-state index in [9.17, 15) is 0 Å². The molecule has 0 N–H and O–H groups in total. The molecule has 4 nitrogen and oxygen atoms in total. The Morgan fingerprint density at radius 3 is 2.86 bits per heavy atom. The van der Waals surface area contributed by atoms with Gasteiger partial charge in [-0.15, -0.1) is 11.3 Å². The van der Waals surface area contributed by atoms with Gasteiger partial charge in [0, 0.05) is 12.8 Å². The highest BCUT2D eigenvalue weighted by Crippen LogP contribution is 2.24. The molecule has 22 heavy (non-hydrogen) atoms. The number of nitrogens with zero attached hydrogens (tertiary/aromatic N) is 2. The Morgan fingerprint density at radius 1 is 1.32 bits per heavy atom. The average molecular weight is 337 g/mol. The number of ether oxygens (including phenoxy) is 1. The van der Waals surface area contributed by atoms with E-state index >= 15 is 0 Å². The summed E-state index contributed by atoms with van der Waals surface area (Å²) < 4.78 is 6.34. The Kier molecular flexibility index (Phi) is 5.08. The lowest BCUT2D eigenvalue weighted by atomic mass is 10.0. The van der Waals surface area contributed by atoms with E-state index in [1.807, 2.05) is 25.1 Å². The SMILES string of the molecule is Cc1nc(COCC2=NOC(Cc3ccccc3)C2)c(Cl)s1. The summed E-state index contributed by atoms with van der Waals surface area (Å²) in [6.07, 6.45) is 1.77. The van der Waals surface area contributed by atoms with Crippen molar-refractivity contribution in [3.05, 3.63) is 50.9 Å². The van der Waals surface area contributed by atoms with Crippen molar-refractivity contribution in [2.45, 2.75) is 32.5 Å². The van der Waals surface area contributed by atoms with Gasteiger partial charge in [0.05, 0.1) is 29.6 Å². The lowest BCUT2D eigenvalue weighted by Gasteiger charge is -2.07. The van der Waals surface area contributed by atoms with Crippen molar-refractivity contribution >= 4 is 28.6 Å². The van der Waals surface area contributed by atoms with E-state index in [2.05, 4.69) is 22.3 Å². The van der Waals surface area contributed by atoms with Crippen molar-refractivity contribution in [2.24, 2.45) is 5.16 Å². The molecule has 1 aromatic carbocycles. The van der Waals surface area contributed by atoms with Crippen LogP contribution in [0.2, 0.25) is 4.34 Å². The van der Waals surface area contributed by atoms with Crippen molar-refractivity contribution in [1.82, 2.24) is 4.98 Å². The Hall–Kier alpha value is -1.43. The highest BCUT2D eigenvalue weighted by Gasteiger charge is 2.21. The number of benzene rings is 1. The lowest BCUT2D eigenvalue weighted by Crippen LogP contribution is -2.14. The van der Waals surface area contributed by atoms with Gasteiger partial charge in [-0.3, -0.25) is 0 Å². The lowest BCUT2D eigenvalue weighted by molar-refractivity contribution is 0.0857. The second kappa shape index (κ2) is 7.22. The first kappa shape index (κ1) is 15.5. The van der Waals surface area contributed by atoms with Crippen LogP contribution in [-0.4, -0.2) is 23.4 Å². The smallest absolute Gasteiger partial charge is 0.137 e. The summed E-state index contributed by atoms with van der Waals surface area (Å²) in [6.45, 7) is 2.80. The zero-order valence-electron chi connectivity index (χ0n) is 12.3. The topological polar surface area (TPSA) is 43.7 Å². The molecule has 0 amide bonds. The van der Waals surface area contributed by atoms with Gasteiger partial charge in [-0.05, 0) is 12.5 Å². The molecule has 0 radical (unpaired) electrons. The van der Waals surface area contributed by atoms with Gasteiger partial charge < -0.3 is 9.57 Å². The molecule has 1 aromatic heterocycles. The minimum absolute atomic E-state index is 0.103. The third-order valence-electron chi connectivity index (χ3n) is 3.36. The van der Waals surface area contributed by atoms with Crippen molar-refractivity contribution in [2.75, 3.05) is 6.61 Å². The predicted octanol–water partition coefficient (Wildman–Crippen LogP) is 4.01. The maximum absolute atomic E-state index is 6.08. The fraction of sp³-hybridized carbons (Fsp3) is 0.375. The zero-order valence-corrected chi connectivity index (χ0v) is 13.9. The van der Waals surface area contributed by atoms with E-state index in [4.69, 9.17) is 21.2 Å². The second-order valence-electron chi connectivity index (χ2n) is 5.22. The molecule has 0 saturated carbocycles. The highest BCUT2D eigenvalue weighted by atomic mass is 35.5. The third-order valence-corrected chi connectivity index (χ3v) is 4.62. The van der Waals surface area contributed by atoms with E-state index in [-0.39, 0.29) is 6.10 Å². The fourth-order valence-corrected chi connectivity index (χ4v) is 3.43. The van der Waals surface area contributed by atoms with Crippen LogP contribution in [0.15, 0.2) is 35.5 Å². The minimum atomic E-state index is 0.103. The third kappa shape index (κ3) is 4.06. The summed E-state index contributed by atoms with van der Waals surface area (Å²) in [5, 5.41) is 5.06. The highest BCUT2D eigenvalue weighted by molar-refractivity contribution is 7.15. The first-order valence-corrected chi connectivity index (χ1v) is 8.35. The van der Waals surface area contributed by atoms with E-state index in [1.165, 1.54) is 16.9 Å². The normalized spacial score (nSPS) is 17.4. The van der Waals surface area contributed by atoms with Crippen molar-refractivity contribution in [1.29, 1.82) is 0 Å². The molecule has 1 atom stereocenters. The molecular weight excluding hydrogens is 320 g/mol. The van der Waals surface area contributed by atoms with Gasteiger partial charge in [0.25, 0.3) is 0 Å². The first-order chi connectivity index (χ1) is 10.7. The number of halogens is 1. The number of rotatable bonds is 6. The molecule has 0 bridgehead atoms. The van der Waals surface area contributed by atoms with Gasteiger partial charge in [-0.1, -0.05) is 47.1 Å². The number of thiazole rings is 1. The Morgan fingerprint density at radius 2 is 2.14 bits per heavy atom. The van der Waals surface area contributed by atoms with Crippen LogP contribution < -0.4 is 0 Å². The molecule has 1 unspecified atom stereocenters. The summed E-state index contributed by atoms with van der Waals surface area (Å²) in [6, 6.07) is 10.3. The number of hydrogen-bond donors (Lipinski definition) is 0. The maximum Gasteiger partial charge on any atom is 0.137 e. The van der Waals surface area contributed by atoms with Crippen LogP contribution in [0.3, 0.4) is 0 Å². The molecule has 1 aliphatic heterocycles. The Labute approximate surface area is 138 Å². The van der Waals surface area contributed by atoms with E-state index in [0.717, 1.165) is 29.3 Å². The van der Waals surface area contributed by atoms with Crippen LogP contribution in [-0.2, 0) is 22.6 Å². The van der Waals surface area contributed by atoms with Crippen molar-refractivity contribution in [3.8, 4) is 0 Å². The molecule has 2 aromatic rings. The Bertz CT molecular complexity index is 657. The number of hydrogen-bond acceptors (Lipinski definition) is 5. The summed E-state index contributed by atoms with van der Waals surface area (Å²) in [4.78, 5) is 9.80. The van der Waals surface area contributed by atoms with Gasteiger partial charge in [-0.2, -0.15) is 0 Å². The van der Waals surface area contributed by atoms with Gasteiger partial charge in [0.2, 0.25) is 0 Å². The number of oxime groups is 1. The van der Waals surface area contributed by atoms with Crippen LogP contribution >= 0.6 is 22.9 Å². The monoisotopic (exact) mass is 336 g/mol. The summed E-state index contributed by atoms with van der Waals surface area (Å²) in [7, 11) is 0. The number of aryl methyl sites for hydroxylation is 1. The van der Waals surface area contributed by atoms with Crippen LogP contribution in [0, 0.1) is 6.92 Å². The van der Waals surface area contributed by atoms with Gasteiger partial charge in [0.1, 0.15) is 10.4 Å². The summed E-state index contributed by atoms with van der Waals surface area (Å²) in [5.41, 5.74) is 2.99. The molecule has 3 rings (SSSR count). The number of aromatic nitrogens is 1. The van der Waals surface area contributed by atoms with E-state index < -0.39 is 0 Å². The van der Waals surface area contributed by atoms with Crippen LogP contribution in [0.1, 0.15) is 22.7 Å². The summed E-state index contributed by atoms with van der Waals surface area (Å²) in [5.74, 6) is 0. The molecule has 6 heteroatoms. The quantitative estimate of drug-likeness (QED) is 0.800. The van der Waals surface area contributed by atoms with Gasteiger partial charge in [-0.25, -0.2) is 4.98 Å². The molecule has 0 spiro atoms. The van der Waals surface area contributed by atoms with Crippen molar-refractivity contribution in [3.63, 3.8) is 0 Å². The van der Waals surface area contributed by atoms with Crippen LogP contribution in [0.5, 0.6) is 0 Å². The second-order valence-corrected chi connectivity index (χ2v) is 7.03. The van der Waals surface area contributed by atoms with Crippen LogP contribution in [0.4, 0.5) is 0 Å². The molecule has 0 fully saturated rings. The van der Waals surface area contributed by atoms with Crippen LogP contribution in [0.25, 0.3) is 0 Å². The standard InChI is InChI=1S/C16H17ClN2O2S/c1-11-18-15(16(17)22-11)10-20-9-13-8-14(21-19-13)7-12-5-3-2-4-6-12/h2-6,14H,7-10H2,1H3. The Balaban J connectivity index is 1.42. The summed E-state index contributed by atoms with van der Waals surface area (Å²) >= 11 is 7.55. The van der Waals surface area contributed by atoms with E-state index in [1.54, 1.807) is 0 Å². The fourth-order valence-electron chi connectivity index (χ4n) is 2.36. The van der Waals surface area contributed by atoms with Gasteiger partial charge >= 0.3 is 0 Å². The molecule has 116 valence electrons. The molecule has 1 aliphatic rings. The van der Waals surface area contributed by atoms with Crippen molar-refractivity contribution < 1.29 is 9.57 Å². The predicted molar refractivity (Wildman–Crippen MR) is 88.6 cm³/mol. The zero-order chi connectivity index (χ0) is 15.4. The van der Waals surface area contributed by atoms with Gasteiger partial charge in [0.15, 0.2) is 0 Å². The van der Waals surface area contributed by atoms with E-state index in [0.29, 0.717) is 17.6 Å². The average Bonchev–Trinajstić information content (AvgIpc) is 3.07. The maximum atomic E-state index is 6.08. The molecule has 2 heterocycles. The first-order valence-electron chi connectivity index (χ1n) is 7.16. The minimum Gasteiger partial charge on any atom is -0.392 e.